The molecule has 1 unspecified atom stereocenters. The molecule has 0 saturated carbocycles. The predicted molar refractivity (Wildman–Crippen MR) is 90.3 cm³/mol. The van der Waals surface area contributed by atoms with E-state index >= 15 is 0 Å². The van der Waals surface area contributed by atoms with Gasteiger partial charge in [0, 0.05) is 18.4 Å². The number of hydrogen-bond donors (Lipinski definition) is 1. The van der Waals surface area contributed by atoms with Gasteiger partial charge in [0.2, 0.25) is 0 Å². The summed E-state index contributed by atoms with van der Waals surface area (Å²) in [7, 11) is 0. The van der Waals surface area contributed by atoms with Gasteiger partial charge in [0.1, 0.15) is 0 Å². The van der Waals surface area contributed by atoms with Crippen LogP contribution in [-0.2, 0) is 0 Å². The van der Waals surface area contributed by atoms with Gasteiger partial charge in [-0.3, -0.25) is 0 Å². The molecule has 0 fully saturated rings. The molecule has 0 radical (unpaired) electrons. The highest BCUT2D eigenvalue weighted by atomic mass is 14.9. The summed E-state index contributed by atoms with van der Waals surface area (Å²) in [6.45, 7) is 5.01. The molecule has 0 aromatic heterocycles. The Bertz CT molecular complexity index is 538. The van der Waals surface area contributed by atoms with Crippen molar-refractivity contribution in [1.29, 1.82) is 0 Å². The fourth-order valence-corrected chi connectivity index (χ4v) is 2.76. The van der Waals surface area contributed by atoms with Gasteiger partial charge >= 0.3 is 0 Å². The molecular formula is C20H23N. The lowest BCUT2D eigenvalue weighted by atomic mass is 9.83. The molecule has 2 aromatic carbocycles. The molecule has 0 spiro atoms. The van der Waals surface area contributed by atoms with E-state index in [1.165, 1.54) is 11.1 Å². The first-order valence-electron chi connectivity index (χ1n) is 7.59. The van der Waals surface area contributed by atoms with E-state index in [0.717, 1.165) is 13.0 Å². The minimum atomic E-state index is 0.326. The average Bonchev–Trinajstić information content (AvgIpc) is 2.55. The highest BCUT2D eigenvalue weighted by Crippen LogP contribution is 2.29. The quantitative estimate of drug-likeness (QED) is 0.780. The van der Waals surface area contributed by atoms with E-state index in [9.17, 15) is 0 Å². The van der Waals surface area contributed by atoms with E-state index in [1.54, 1.807) is 0 Å². The van der Waals surface area contributed by atoms with Crippen molar-refractivity contribution < 1.29 is 0 Å². The molecule has 0 aliphatic carbocycles. The fourth-order valence-electron chi connectivity index (χ4n) is 2.76. The zero-order chi connectivity index (χ0) is 14.9. The Balaban J connectivity index is 2.40. The zero-order valence-corrected chi connectivity index (χ0v) is 12.8. The van der Waals surface area contributed by atoms with Crippen molar-refractivity contribution in [1.82, 2.24) is 5.32 Å². The van der Waals surface area contributed by atoms with Gasteiger partial charge in [-0.15, -0.1) is 11.8 Å². The van der Waals surface area contributed by atoms with Crippen molar-refractivity contribution in [3.05, 3.63) is 71.8 Å². The van der Waals surface area contributed by atoms with Crippen LogP contribution in [-0.4, -0.2) is 12.6 Å². The summed E-state index contributed by atoms with van der Waals surface area (Å²) in [6, 6.07) is 21.7. The smallest absolute Gasteiger partial charge is 0.0286 e. The topological polar surface area (TPSA) is 12.0 Å². The van der Waals surface area contributed by atoms with Crippen LogP contribution in [0, 0.1) is 11.8 Å². The first-order valence-corrected chi connectivity index (χ1v) is 7.59. The molecule has 1 nitrogen and oxygen atoms in total. The lowest BCUT2D eigenvalue weighted by molar-refractivity contribution is 0.487. The van der Waals surface area contributed by atoms with Crippen LogP contribution in [0.4, 0.5) is 0 Å². The van der Waals surface area contributed by atoms with Crippen molar-refractivity contribution in [2.45, 2.75) is 32.2 Å². The third-order valence-corrected chi connectivity index (χ3v) is 3.68. The van der Waals surface area contributed by atoms with Crippen LogP contribution in [0.5, 0.6) is 0 Å². The molecule has 0 aliphatic rings. The number of nitrogens with one attached hydrogen (secondary N) is 1. The fraction of sp³-hybridized carbons (Fsp3) is 0.300. The molecule has 2 aromatic rings. The number of likely N-dealkylation sites (N-methyl/N-ethyl adjacent to an activating group) is 1. The van der Waals surface area contributed by atoms with Gasteiger partial charge in [-0.1, -0.05) is 67.6 Å². The SMILES string of the molecule is CC#CCC(NCC)C(c1ccccc1)c1ccccc1. The summed E-state index contributed by atoms with van der Waals surface area (Å²) in [5.74, 6) is 6.59. The molecule has 1 N–H and O–H groups in total. The van der Waals surface area contributed by atoms with Gasteiger partial charge in [0.25, 0.3) is 0 Å². The van der Waals surface area contributed by atoms with Gasteiger partial charge in [-0.05, 0) is 24.6 Å². The van der Waals surface area contributed by atoms with Crippen molar-refractivity contribution in [3.63, 3.8) is 0 Å². The van der Waals surface area contributed by atoms with Crippen LogP contribution in [0.2, 0.25) is 0 Å². The Labute approximate surface area is 128 Å². The molecule has 0 saturated heterocycles. The maximum absolute atomic E-state index is 3.61. The molecule has 0 heterocycles. The number of benzene rings is 2. The summed E-state index contributed by atoms with van der Waals surface area (Å²) in [4.78, 5) is 0. The van der Waals surface area contributed by atoms with E-state index in [1.807, 2.05) is 6.92 Å². The van der Waals surface area contributed by atoms with Gasteiger partial charge < -0.3 is 5.32 Å². The Kier molecular flexibility index (Phi) is 6.06. The lowest BCUT2D eigenvalue weighted by Gasteiger charge is -2.27. The van der Waals surface area contributed by atoms with Crippen LogP contribution in [0.1, 0.15) is 37.3 Å². The molecule has 21 heavy (non-hydrogen) atoms. The highest BCUT2D eigenvalue weighted by molar-refractivity contribution is 5.34. The molecular weight excluding hydrogens is 254 g/mol. The zero-order valence-electron chi connectivity index (χ0n) is 12.8. The van der Waals surface area contributed by atoms with Gasteiger partial charge in [-0.2, -0.15) is 0 Å². The van der Waals surface area contributed by atoms with Gasteiger partial charge in [0.15, 0.2) is 0 Å². The molecule has 1 atom stereocenters. The third-order valence-electron chi connectivity index (χ3n) is 3.68. The van der Waals surface area contributed by atoms with Crippen LogP contribution in [0.15, 0.2) is 60.7 Å². The lowest BCUT2D eigenvalue weighted by Crippen LogP contribution is -2.35. The largest absolute Gasteiger partial charge is 0.312 e. The molecule has 0 amide bonds. The molecule has 0 aliphatic heterocycles. The molecule has 1 heteroatoms. The minimum Gasteiger partial charge on any atom is -0.312 e. The Morgan fingerprint density at radius 3 is 1.86 bits per heavy atom. The van der Waals surface area contributed by atoms with Gasteiger partial charge in [0.05, 0.1) is 0 Å². The predicted octanol–water partition coefficient (Wildman–Crippen LogP) is 4.21. The second kappa shape index (κ2) is 8.29. The Morgan fingerprint density at radius 1 is 0.905 bits per heavy atom. The normalized spacial score (nSPS) is 11.8. The summed E-state index contributed by atoms with van der Waals surface area (Å²) in [5.41, 5.74) is 2.68. The van der Waals surface area contributed by atoms with Crippen LogP contribution >= 0.6 is 0 Å². The second-order valence-electron chi connectivity index (χ2n) is 5.09. The number of hydrogen-bond acceptors (Lipinski definition) is 1. The molecule has 108 valence electrons. The van der Waals surface area contributed by atoms with E-state index in [-0.39, 0.29) is 0 Å². The van der Waals surface area contributed by atoms with E-state index in [2.05, 4.69) is 84.7 Å². The van der Waals surface area contributed by atoms with Crippen LogP contribution in [0.25, 0.3) is 0 Å². The first kappa shape index (κ1) is 15.4. The van der Waals surface area contributed by atoms with E-state index in [0.29, 0.717) is 12.0 Å². The Hall–Kier alpha value is -2.04. The van der Waals surface area contributed by atoms with E-state index in [4.69, 9.17) is 0 Å². The maximum atomic E-state index is 3.61. The van der Waals surface area contributed by atoms with E-state index < -0.39 is 0 Å². The van der Waals surface area contributed by atoms with Crippen LogP contribution in [0.3, 0.4) is 0 Å². The highest BCUT2D eigenvalue weighted by Gasteiger charge is 2.23. The summed E-state index contributed by atoms with van der Waals surface area (Å²) < 4.78 is 0. The monoisotopic (exact) mass is 277 g/mol. The molecule has 0 bridgehead atoms. The average molecular weight is 277 g/mol. The minimum absolute atomic E-state index is 0.326. The molecule has 2 rings (SSSR count). The van der Waals surface area contributed by atoms with Crippen molar-refractivity contribution in [2.24, 2.45) is 0 Å². The van der Waals surface area contributed by atoms with Gasteiger partial charge in [-0.25, -0.2) is 0 Å². The summed E-state index contributed by atoms with van der Waals surface area (Å²) in [6.07, 6.45) is 0.860. The van der Waals surface area contributed by atoms with Crippen LogP contribution < -0.4 is 5.32 Å². The third kappa shape index (κ3) is 4.21. The van der Waals surface area contributed by atoms with Crippen molar-refractivity contribution in [2.75, 3.05) is 6.54 Å². The standard InChI is InChI=1S/C20H23N/c1-3-5-16-19(21-4-2)20(17-12-8-6-9-13-17)18-14-10-7-11-15-18/h6-15,19-21H,4,16H2,1-2H3. The Morgan fingerprint density at radius 2 is 1.43 bits per heavy atom. The first-order chi connectivity index (χ1) is 10.4. The van der Waals surface area contributed by atoms with Crippen molar-refractivity contribution >= 4 is 0 Å². The van der Waals surface area contributed by atoms with Crippen molar-refractivity contribution in [3.8, 4) is 11.8 Å². The summed E-state index contributed by atoms with van der Waals surface area (Å²) in [5, 5.41) is 3.61. The second-order valence-corrected chi connectivity index (χ2v) is 5.09. The maximum Gasteiger partial charge on any atom is 0.0286 e. The summed E-state index contributed by atoms with van der Waals surface area (Å²) >= 11 is 0. The number of rotatable bonds is 6.